The first-order valence-electron chi connectivity index (χ1n) is 8.90. The number of nitrogens with zero attached hydrogens (tertiary/aromatic N) is 1. The Hall–Kier alpha value is -2.54. The quantitative estimate of drug-likeness (QED) is 0.871. The molecular weight excluding hydrogens is 364 g/mol. The lowest BCUT2D eigenvalue weighted by Gasteiger charge is -2.20. The van der Waals surface area contributed by atoms with Crippen LogP contribution in [0.3, 0.4) is 0 Å². The number of amides is 1. The van der Waals surface area contributed by atoms with Gasteiger partial charge in [-0.15, -0.1) is 0 Å². The third-order valence-corrected chi connectivity index (χ3v) is 5.72. The Kier molecular flexibility index (Phi) is 5.41. The van der Waals surface area contributed by atoms with Crippen molar-refractivity contribution in [3.05, 3.63) is 54.1 Å². The van der Waals surface area contributed by atoms with Crippen LogP contribution < -0.4 is 14.4 Å². The van der Waals surface area contributed by atoms with Gasteiger partial charge in [-0.25, -0.2) is 8.42 Å². The average molecular weight is 388 g/mol. The van der Waals surface area contributed by atoms with Crippen LogP contribution >= 0.6 is 0 Å². The molecule has 1 heterocycles. The number of nitrogens with one attached hydrogen (secondary N) is 1. The first-order chi connectivity index (χ1) is 12.8. The largest absolute Gasteiger partial charge is 0.478 e. The highest BCUT2D eigenvalue weighted by molar-refractivity contribution is 7.92. The van der Waals surface area contributed by atoms with E-state index in [-0.39, 0.29) is 18.9 Å². The Morgan fingerprint density at radius 3 is 2.44 bits per heavy atom. The topological polar surface area (TPSA) is 75.7 Å². The summed E-state index contributed by atoms with van der Waals surface area (Å²) in [4.78, 5) is 12.7. The zero-order valence-corrected chi connectivity index (χ0v) is 16.5. The smallest absolute Gasteiger partial charge is 0.265 e. The maximum Gasteiger partial charge on any atom is 0.265 e. The predicted octanol–water partition coefficient (Wildman–Crippen LogP) is 3.37. The molecule has 0 saturated carbocycles. The van der Waals surface area contributed by atoms with Crippen molar-refractivity contribution in [3.63, 3.8) is 0 Å². The van der Waals surface area contributed by atoms with Crippen LogP contribution in [-0.2, 0) is 14.8 Å². The van der Waals surface area contributed by atoms with E-state index >= 15 is 0 Å². The standard InChI is InChI=1S/C20H24N2O4S/c1-14(2)15-8-10-16(11-9-15)21-20(23)19-12-13-22(27(3,24)25)17-6-4-5-7-18(17)26-19/h4-11,14,19H,12-13H2,1-3H3,(H,21,23)/t19-/m0/s1. The molecule has 3 rings (SSSR count). The third kappa shape index (κ3) is 4.42. The number of para-hydroxylation sites is 2. The summed E-state index contributed by atoms with van der Waals surface area (Å²) in [5.74, 6) is 0.506. The Labute approximate surface area is 160 Å². The molecule has 1 amide bonds. The molecule has 144 valence electrons. The molecule has 1 N–H and O–H groups in total. The number of carbonyl (C=O) groups excluding carboxylic acids is 1. The lowest BCUT2D eigenvalue weighted by Crippen LogP contribution is -2.35. The molecule has 0 aromatic heterocycles. The number of fused-ring (bicyclic) bond motifs is 1. The molecule has 0 bridgehead atoms. The minimum atomic E-state index is -3.46. The van der Waals surface area contributed by atoms with Crippen LogP contribution in [0.4, 0.5) is 11.4 Å². The van der Waals surface area contributed by atoms with E-state index < -0.39 is 16.1 Å². The van der Waals surface area contributed by atoms with Gasteiger partial charge in [0, 0.05) is 18.7 Å². The fourth-order valence-corrected chi connectivity index (χ4v) is 3.98. The second kappa shape index (κ2) is 7.60. The number of carbonyl (C=O) groups is 1. The molecule has 0 spiro atoms. The number of anilines is 2. The van der Waals surface area contributed by atoms with Crippen molar-refractivity contribution >= 4 is 27.3 Å². The Bertz CT molecular complexity index is 923. The molecular formula is C20H24N2O4S. The molecule has 2 aromatic carbocycles. The molecule has 1 aliphatic rings. The number of hydrogen-bond acceptors (Lipinski definition) is 4. The maximum atomic E-state index is 12.7. The molecule has 0 saturated heterocycles. The summed E-state index contributed by atoms with van der Waals surface area (Å²) in [6.45, 7) is 4.40. The molecule has 1 atom stereocenters. The molecule has 27 heavy (non-hydrogen) atoms. The minimum absolute atomic E-state index is 0.181. The molecule has 7 heteroatoms. The van der Waals surface area contributed by atoms with Gasteiger partial charge in [-0.05, 0) is 35.7 Å². The second-order valence-electron chi connectivity index (χ2n) is 6.96. The van der Waals surface area contributed by atoms with Crippen molar-refractivity contribution in [2.45, 2.75) is 32.3 Å². The van der Waals surface area contributed by atoms with Crippen molar-refractivity contribution < 1.29 is 17.9 Å². The molecule has 2 aromatic rings. The van der Waals surface area contributed by atoms with Gasteiger partial charge in [-0.2, -0.15) is 0 Å². The summed E-state index contributed by atoms with van der Waals surface area (Å²) in [5, 5.41) is 2.86. The number of sulfonamides is 1. The predicted molar refractivity (Wildman–Crippen MR) is 107 cm³/mol. The molecule has 0 radical (unpaired) electrons. The van der Waals surface area contributed by atoms with Gasteiger partial charge >= 0.3 is 0 Å². The van der Waals surface area contributed by atoms with Gasteiger partial charge in [-0.3, -0.25) is 9.10 Å². The zero-order chi connectivity index (χ0) is 19.6. The highest BCUT2D eigenvalue weighted by atomic mass is 32.2. The van der Waals surface area contributed by atoms with Crippen LogP contribution in [0, 0.1) is 0 Å². The Morgan fingerprint density at radius 1 is 1.15 bits per heavy atom. The van der Waals surface area contributed by atoms with Crippen molar-refractivity contribution in [3.8, 4) is 5.75 Å². The number of rotatable bonds is 4. The van der Waals surface area contributed by atoms with Crippen molar-refractivity contribution in [2.75, 3.05) is 22.4 Å². The fourth-order valence-electron chi connectivity index (χ4n) is 3.03. The highest BCUT2D eigenvalue weighted by Crippen LogP contribution is 2.34. The zero-order valence-electron chi connectivity index (χ0n) is 15.7. The minimum Gasteiger partial charge on any atom is -0.478 e. The van der Waals surface area contributed by atoms with E-state index in [1.165, 1.54) is 9.87 Å². The van der Waals surface area contributed by atoms with E-state index in [9.17, 15) is 13.2 Å². The molecule has 0 fully saturated rings. The Morgan fingerprint density at radius 2 is 1.81 bits per heavy atom. The van der Waals surface area contributed by atoms with Crippen molar-refractivity contribution in [1.29, 1.82) is 0 Å². The van der Waals surface area contributed by atoms with Crippen LogP contribution in [0.15, 0.2) is 48.5 Å². The van der Waals surface area contributed by atoms with E-state index in [4.69, 9.17) is 4.74 Å². The average Bonchev–Trinajstić information content (AvgIpc) is 2.81. The van der Waals surface area contributed by atoms with Gasteiger partial charge in [0.15, 0.2) is 6.10 Å². The van der Waals surface area contributed by atoms with Crippen molar-refractivity contribution in [1.82, 2.24) is 0 Å². The summed E-state index contributed by atoms with van der Waals surface area (Å²) in [6.07, 6.45) is 0.639. The van der Waals surface area contributed by atoms with Gasteiger partial charge in [0.05, 0.1) is 11.9 Å². The number of hydrogen-bond donors (Lipinski definition) is 1. The van der Waals surface area contributed by atoms with Gasteiger partial charge in [0.25, 0.3) is 5.91 Å². The Balaban J connectivity index is 1.79. The highest BCUT2D eigenvalue weighted by Gasteiger charge is 2.31. The van der Waals surface area contributed by atoms with E-state index in [1.807, 2.05) is 24.3 Å². The summed E-state index contributed by atoms with van der Waals surface area (Å²) in [5.41, 5.74) is 2.33. The molecule has 0 aliphatic carbocycles. The fraction of sp³-hybridized carbons (Fsp3) is 0.350. The van der Waals surface area contributed by atoms with Gasteiger partial charge < -0.3 is 10.1 Å². The molecule has 1 aliphatic heterocycles. The van der Waals surface area contributed by atoms with Crippen LogP contribution in [0.5, 0.6) is 5.75 Å². The first-order valence-corrected chi connectivity index (χ1v) is 10.7. The lowest BCUT2D eigenvalue weighted by atomic mass is 10.0. The SMILES string of the molecule is CC(C)c1ccc(NC(=O)[C@@H]2CCN(S(C)(=O)=O)c3ccccc3O2)cc1. The van der Waals surface area contributed by atoms with Crippen LogP contribution in [-0.4, -0.2) is 33.2 Å². The van der Waals surface area contributed by atoms with E-state index in [0.29, 0.717) is 23.0 Å². The maximum absolute atomic E-state index is 12.7. The lowest BCUT2D eigenvalue weighted by molar-refractivity contribution is -0.122. The third-order valence-electron chi connectivity index (χ3n) is 4.54. The number of benzene rings is 2. The van der Waals surface area contributed by atoms with Gasteiger partial charge in [0.1, 0.15) is 5.75 Å². The van der Waals surface area contributed by atoms with Gasteiger partial charge in [-0.1, -0.05) is 38.1 Å². The molecule has 0 unspecified atom stereocenters. The molecule has 6 nitrogen and oxygen atoms in total. The summed E-state index contributed by atoms with van der Waals surface area (Å²) < 4.78 is 31.4. The normalized spacial score (nSPS) is 17.0. The van der Waals surface area contributed by atoms with Crippen molar-refractivity contribution in [2.24, 2.45) is 0 Å². The van der Waals surface area contributed by atoms with Gasteiger partial charge in [0.2, 0.25) is 10.0 Å². The summed E-state index contributed by atoms with van der Waals surface area (Å²) in [7, 11) is -3.46. The number of ether oxygens (including phenoxy) is 1. The first kappa shape index (κ1) is 19.2. The van der Waals surface area contributed by atoms with E-state index in [2.05, 4.69) is 19.2 Å². The summed E-state index contributed by atoms with van der Waals surface area (Å²) in [6, 6.07) is 14.5. The summed E-state index contributed by atoms with van der Waals surface area (Å²) >= 11 is 0. The van der Waals surface area contributed by atoms with Crippen LogP contribution in [0.2, 0.25) is 0 Å². The van der Waals surface area contributed by atoms with E-state index in [1.54, 1.807) is 24.3 Å². The van der Waals surface area contributed by atoms with E-state index in [0.717, 1.165) is 6.26 Å². The monoisotopic (exact) mass is 388 g/mol. The van der Waals surface area contributed by atoms with Crippen LogP contribution in [0.1, 0.15) is 31.7 Å². The second-order valence-corrected chi connectivity index (χ2v) is 8.87. The van der Waals surface area contributed by atoms with Crippen LogP contribution in [0.25, 0.3) is 0 Å².